The molecule has 10 heteroatoms. The summed E-state index contributed by atoms with van der Waals surface area (Å²) in [5, 5.41) is 15.4. The molecular weight excluding hydrogens is 413 g/mol. The predicted octanol–water partition coefficient (Wildman–Crippen LogP) is 5.02. The molecule has 1 amide bonds. The molecule has 0 saturated carbocycles. The summed E-state index contributed by atoms with van der Waals surface area (Å²) in [4.78, 5) is 16.2. The van der Waals surface area contributed by atoms with E-state index >= 15 is 0 Å². The molecule has 0 aliphatic carbocycles. The van der Waals surface area contributed by atoms with Crippen molar-refractivity contribution in [3.05, 3.63) is 52.1 Å². The molecule has 0 unspecified atom stereocenters. The van der Waals surface area contributed by atoms with E-state index in [0.717, 1.165) is 5.69 Å². The highest BCUT2D eigenvalue weighted by atomic mass is 35.5. The van der Waals surface area contributed by atoms with E-state index in [1.807, 2.05) is 30.3 Å². The molecule has 6 nitrogen and oxygen atoms in total. The van der Waals surface area contributed by atoms with Gasteiger partial charge in [0.2, 0.25) is 11.0 Å². The maximum atomic E-state index is 12.1. The number of carbonyl (C=O) groups excluding carboxylic acids is 1. The Balaban J connectivity index is 1.54. The van der Waals surface area contributed by atoms with Crippen LogP contribution in [0, 0.1) is 6.92 Å². The largest absolute Gasteiger partial charge is 0.330 e. The Kier molecular flexibility index (Phi) is 6.31. The zero-order chi connectivity index (χ0) is 18.5. The summed E-state index contributed by atoms with van der Waals surface area (Å²) in [6.45, 7) is 1.76. The van der Waals surface area contributed by atoms with Crippen molar-refractivity contribution in [1.29, 1.82) is 0 Å². The van der Waals surface area contributed by atoms with Crippen LogP contribution in [0.25, 0.3) is 0 Å². The third-order valence-electron chi connectivity index (χ3n) is 3.22. The van der Waals surface area contributed by atoms with E-state index in [1.165, 1.54) is 29.3 Å². The van der Waals surface area contributed by atoms with E-state index in [-0.39, 0.29) is 11.7 Å². The molecule has 2 heterocycles. The number of rotatable bonds is 6. The van der Waals surface area contributed by atoms with Crippen molar-refractivity contribution in [3.63, 3.8) is 0 Å². The summed E-state index contributed by atoms with van der Waals surface area (Å²) in [5.74, 6) is 0.224. The Bertz CT molecular complexity index is 920. The number of para-hydroxylation sites is 1. The molecule has 0 aliphatic rings. The van der Waals surface area contributed by atoms with Crippen LogP contribution in [0.1, 0.15) is 5.56 Å². The average molecular weight is 426 g/mol. The van der Waals surface area contributed by atoms with E-state index < -0.39 is 0 Å². The van der Waals surface area contributed by atoms with Gasteiger partial charge in [-0.25, -0.2) is 4.98 Å². The molecule has 2 N–H and O–H groups in total. The van der Waals surface area contributed by atoms with Crippen LogP contribution in [0.4, 0.5) is 16.6 Å². The summed E-state index contributed by atoms with van der Waals surface area (Å²) in [6.07, 6.45) is 1.46. The first-order chi connectivity index (χ1) is 12.5. The molecule has 0 radical (unpaired) electrons. The van der Waals surface area contributed by atoms with Gasteiger partial charge in [-0.2, -0.15) is 0 Å². The van der Waals surface area contributed by atoms with Crippen LogP contribution in [-0.4, -0.2) is 26.8 Å². The van der Waals surface area contributed by atoms with Crippen molar-refractivity contribution >= 4 is 68.8 Å². The molecule has 0 saturated heterocycles. The Morgan fingerprint density at radius 1 is 1.23 bits per heavy atom. The Morgan fingerprint density at radius 2 is 2.00 bits per heavy atom. The molecule has 0 aliphatic heterocycles. The average Bonchev–Trinajstić information content (AvgIpc) is 3.09. The second-order valence-corrected chi connectivity index (χ2v) is 8.08. The first kappa shape index (κ1) is 18.9. The number of carbonyl (C=O) groups is 1. The standard InChI is InChI=1S/C16H13Cl2N5OS2/c1-9-11(17)7-19-14(13(9)18)21-12(24)8-25-16-23-22-15(26-16)20-10-5-3-2-4-6-10/h2-7H,8H2,1H3,(H,20,22)(H,19,21,24). The fourth-order valence-corrected chi connectivity index (χ4v) is 3.86. The number of amides is 1. The summed E-state index contributed by atoms with van der Waals surface area (Å²) >= 11 is 14.7. The number of hydrogen-bond acceptors (Lipinski definition) is 7. The summed E-state index contributed by atoms with van der Waals surface area (Å²) in [7, 11) is 0. The van der Waals surface area contributed by atoms with Gasteiger partial charge in [-0.1, -0.05) is 64.5 Å². The predicted molar refractivity (Wildman–Crippen MR) is 108 cm³/mol. The van der Waals surface area contributed by atoms with Crippen LogP contribution in [-0.2, 0) is 4.79 Å². The number of nitrogens with zero attached hydrogens (tertiary/aromatic N) is 3. The maximum absolute atomic E-state index is 12.1. The lowest BCUT2D eigenvalue weighted by molar-refractivity contribution is -0.113. The van der Waals surface area contributed by atoms with Gasteiger partial charge in [0.25, 0.3) is 0 Å². The van der Waals surface area contributed by atoms with E-state index in [0.29, 0.717) is 30.9 Å². The minimum Gasteiger partial charge on any atom is -0.330 e. The molecule has 0 fully saturated rings. The molecular formula is C16H13Cl2N5OS2. The first-order valence-electron chi connectivity index (χ1n) is 7.42. The number of nitrogens with one attached hydrogen (secondary N) is 2. The van der Waals surface area contributed by atoms with E-state index in [1.54, 1.807) is 6.92 Å². The number of aromatic nitrogens is 3. The van der Waals surface area contributed by atoms with Crippen LogP contribution in [0.3, 0.4) is 0 Å². The molecule has 0 spiro atoms. The van der Waals surface area contributed by atoms with Gasteiger partial charge < -0.3 is 10.6 Å². The number of thioether (sulfide) groups is 1. The quantitative estimate of drug-likeness (QED) is 0.539. The summed E-state index contributed by atoms with van der Waals surface area (Å²) in [6, 6.07) is 9.68. The monoisotopic (exact) mass is 425 g/mol. The zero-order valence-electron chi connectivity index (χ0n) is 13.5. The van der Waals surface area contributed by atoms with Gasteiger partial charge in [0.05, 0.1) is 15.8 Å². The summed E-state index contributed by atoms with van der Waals surface area (Å²) < 4.78 is 0.685. The molecule has 2 aromatic heterocycles. The third kappa shape index (κ3) is 4.85. The second-order valence-electron chi connectivity index (χ2n) is 5.09. The normalized spacial score (nSPS) is 10.6. The Morgan fingerprint density at radius 3 is 2.77 bits per heavy atom. The van der Waals surface area contributed by atoms with Crippen LogP contribution in [0.15, 0.2) is 40.9 Å². The molecule has 134 valence electrons. The SMILES string of the molecule is Cc1c(Cl)cnc(NC(=O)CSc2nnc(Nc3ccccc3)s2)c1Cl. The smallest absolute Gasteiger partial charge is 0.236 e. The molecule has 0 atom stereocenters. The lowest BCUT2D eigenvalue weighted by Gasteiger charge is -2.08. The van der Waals surface area contributed by atoms with E-state index in [2.05, 4.69) is 25.8 Å². The minimum absolute atomic E-state index is 0.166. The van der Waals surface area contributed by atoms with Gasteiger partial charge in [-0.05, 0) is 24.6 Å². The number of pyridine rings is 1. The lowest BCUT2D eigenvalue weighted by atomic mass is 10.3. The molecule has 3 aromatic rings. The third-order valence-corrected chi connectivity index (χ3v) is 6.03. The minimum atomic E-state index is -0.237. The summed E-state index contributed by atoms with van der Waals surface area (Å²) in [5.41, 5.74) is 1.60. The van der Waals surface area contributed by atoms with Gasteiger partial charge in [-0.3, -0.25) is 4.79 Å². The number of anilines is 3. The van der Waals surface area contributed by atoms with Crippen LogP contribution in [0.2, 0.25) is 10.0 Å². The highest BCUT2D eigenvalue weighted by molar-refractivity contribution is 8.01. The molecule has 1 aromatic carbocycles. The zero-order valence-corrected chi connectivity index (χ0v) is 16.6. The molecule has 3 rings (SSSR count). The maximum Gasteiger partial charge on any atom is 0.236 e. The van der Waals surface area contributed by atoms with Crippen molar-refractivity contribution < 1.29 is 4.79 Å². The van der Waals surface area contributed by atoms with Crippen molar-refractivity contribution in [2.75, 3.05) is 16.4 Å². The van der Waals surface area contributed by atoms with E-state index in [4.69, 9.17) is 23.2 Å². The van der Waals surface area contributed by atoms with Crippen molar-refractivity contribution in [1.82, 2.24) is 15.2 Å². The fourth-order valence-electron chi connectivity index (χ4n) is 1.90. The van der Waals surface area contributed by atoms with Crippen molar-refractivity contribution in [3.8, 4) is 0 Å². The van der Waals surface area contributed by atoms with Crippen molar-refractivity contribution in [2.24, 2.45) is 0 Å². The van der Waals surface area contributed by atoms with Gasteiger partial charge in [-0.15, -0.1) is 10.2 Å². The van der Waals surface area contributed by atoms with Crippen LogP contribution in [0.5, 0.6) is 0 Å². The number of halogens is 2. The van der Waals surface area contributed by atoms with Gasteiger partial charge in [0, 0.05) is 11.9 Å². The molecule has 26 heavy (non-hydrogen) atoms. The lowest BCUT2D eigenvalue weighted by Crippen LogP contribution is -2.15. The van der Waals surface area contributed by atoms with Gasteiger partial charge >= 0.3 is 0 Å². The number of benzene rings is 1. The van der Waals surface area contributed by atoms with Crippen LogP contribution >= 0.6 is 46.3 Å². The highest BCUT2D eigenvalue weighted by Gasteiger charge is 2.13. The van der Waals surface area contributed by atoms with Gasteiger partial charge in [0.15, 0.2) is 10.2 Å². The Hall–Kier alpha value is -1.87. The Labute approximate surface area is 168 Å². The fraction of sp³-hybridized carbons (Fsp3) is 0.125. The number of hydrogen-bond donors (Lipinski definition) is 2. The molecule has 0 bridgehead atoms. The van der Waals surface area contributed by atoms with Crippen molar-refractivity contribution in [2.45, 2.75) is 11.3 Å². The highest BCUT2D eigenvalue weighted by Crippen LogP contribution is 2.30. The van der Waals surface area contributed by atoms with Gasteiger partial charge in [0.1, 0.15) is 0 Å². The van der Waals surface area contributed by atoms with Crippen LogP contribution < -0.4 is 10.6 Å². The second kappa shape index (κ2) is 8.68. The first-order valence-corrected chi connectivity index (χ1v) is 9.97. The topological polar surface area (TPSA) is 79.8 Å². The van der Waals surface area contributed by atoms with E-state index in [9.17, 15) is 4.79 Å².